The van der Waals surface area contributed by atoms with Gasteiger partial charge in [-0.25, -0.2) is 4.79 Å². The van der Waals surface area contributed by atoms with Gasteiger partial charge in [0.05, 0.1) is 0 Å². The Hall–Kier alpha value is -1.52. The van der Waals surface area contributed by atoms with Crippen LogP contribution in [0.25, 0.3) is 0 Å². The summed E-state index contributed by atoms with van der Waals surface area (Å²) in [6.07, 6.45) is 1.66. The van der Waals surface area contributed by atoms with Crippen molar-refractivity contribution in [1.82, 2.24) is 14.7 Å². The summed E-state index contributed by atoms with van der Waals surface area (Å²) in [5.41, 5.74) is 0.879. The average Bonchev–Trinajstić information content (AvgIpc) is 2.68. The lowest BCUT2D eigenvalue weighted by molar-refractivity contribution is 0.0270. The number of likely N-dealkylation sites (tertiary alicyclic amines) is 1. The Morgan fingerprint density at radius 3 is 2.47 bits per heavy atom. The predicted octanol–water partition coefficient (Wildman–Crippen LogP) is 2.00. The highest BCUT2D eigenvalue weighted by atomic mass is 16.6. The molecule has 2 aliphatic rings. The second-order valence-electron chi connectivity index (χ2n) is 6.62. The molecule has 0 N–H and O–H groups in total. The molecule has 2 atom stereocenters. The van der Waals surface area contributed by atoms with E-state index in [-0.39, 0.29) is 6.09 Å². The lowest BCUT2D eigenvalue weighted by Gasteiger charge is -2.25. The Morgan fingerprint density at radius 1 is 1.37 bits per heavy atom. The molecule has 19 heavy (non-hydrogen) atoms. The Labute approximate surface area is 113 Å². The van der Waals surface area contributed by atoms with E-state index in [1.807, 2.05) is 43.6 Å². The molecule has 5 nitrogen and oxygen atoms in total. The minimum atomic E-state index is -0.411. The van der Waals surface area contributed by atoms with Gasteiger partial charge in [-0.15, -0.1) is 0 Å². The maximum absolute atomic E-state index is 12.0. The SMILES string of the molecule is Cn1nccc1C1C2CN(C(=O)OC(C)(C)C)CC21. The molecule has 1 aromatic rings. The lowest BCUT2D eigenvalue weighted by atomic mass is 10.2. The molecular formula is C14H21N3O2. The molecule has 2 heterocycles. The Bertz CT molecular complexity index is 491. The first-order valence-corrected chi connectivity index (χ1v) is 6.82. The van der Waals surface area contributed by atoms with Crippen molar-refractivity contribution < 1.29 is 9.53 Å². The fraction of sp³-hybridized carbons (Fsp3) is 0.714. The van der Waals surface area contributed by atoms with Crippen molar-refractivity contribution in [2.24, 2.45) is 18.9 Å². The summed E-state index contributed by atoms with van der Waals surface area (Å²) in [6.45, 7) is 7.34. The van der Waals surface area contributed by atoms with Gasteiger partial charge >= 0.3 is 6.09 Å². The zero-order valence-electron chi connectivity index (χ0n) is 12.0. The van der Waals surface area contributed by atoms with Gasteiger partial charge in [-0.3, -0.25) is 4.68 Å². The summed E-state index contributed by atoms with van der Waals surface area (Å²) in [6, 6.07) is 2.08. The Morgan fingerprint density at radius 2 is 2.00 bits per heavy atom. The molecule has 1 aromatic heterocycles. The standard InChI is InChI=1S/C14H21N3O2/c1-14(2,3)19-13(18)17-7-9-10(8-17)12(9)11-5-6-15-16(11)4/h5-6,9-10,12H,7-8H2,1-4H3. The van der Waals surface area contributed by atoms with E-state index < -0.39 is 5.60 Å². The lowest BCUT2D eigenvalue weighted by Crippen LogP contribution is -2.37. The first-order chi connectivity index (χ1) is 8.87. The number of fused-ring (bicyclic) bond motifs is 1. The minimum absolute atomic E-state index is 0.177. The van der Waals surface area contributed by atoms with Crippen LogP contribution < -0.4 is 0 Å². The highest BCUT2D eigenvalue weighted by Gasteiger charge is 2.58. The van der Waals surface area contributed by atoms with Crippen LogP contribution in [0.15, 0.2) is 12.3 Å². The molecule has 5 heteroatoms. The maximum atomic E-state index is 12.0. The number of ether oxygens (including phenoxy) is 1. The molecule has 1 saturated carbocycles. The zero-order valence-corrected chi connectivity index (χ0v) is 12.0. The predicted molar refractivity (Wildman–Crippen MR) is 70.7 cm³/mol. The molecule has 2 fully saturated rings. The summed E-state index contributed by atoms with van der Waals surface area (Å²) < 4.78 is 7.35. The average molecular weight is 263 g/mol. The van der Waals surface area contributed by atoms with Crippen LogP contribution in [0, 0.1) is 11.8 Å². The molecule has 1 amide bonds. The molecule has 0 aromatic carbocycles. The zero-order chi connectivity index (χ0) is 13.8. The van der Waals surface area contributed by atoms with Gasteiger partial charge < -0.3 is 9.64 Å². The molecule has 0 radical (unpaired) electrons. The number of hydrogen-bond donors (Lipinski definition) is 0. The van der Waals surface area contributed by atoms with Gasteiger partial charge in [0.1, 0.15) is 5.60 Å². The van der Waals surface area contributed by atoms with Crippen LogP contribution in [-0.2, 0) is 11.8 Å². The molecule has 2 unspecified atom stereocenters. The molecule has 3 rings (SSSR count). The third-order valence-corrected chi connectivity index (χ3v) is 4.05. The van der Waals surface area contributed by atoms with E-state index in [9.17, 15) is 4.79 Å². The van der Waals surface area contributed by atoms with Crippen molar-refractivity contribution in [2.45, 2.75) is 32.3 Å². The van der Waals surface area contributed by atoms with Crippen LogP contribution in [-0.4, -0.2) is 39.5 Å². The van der Waals surface area contributed by atoms with E-state index in [2.05, 4.69) is 11.2 Å². The molecule has 1 aliphatic heterocycles. The van der Waals surface area contributed by atoms with Crippen molar-refractivity contribution in [3.63, 3.8) is 0 Å². The van der Waals surface area contributed by atoms with E-state index in [4.69, 9.17) is 4.74 Å². The first kappa shape index (κ1) is 12.5. The van der Waals surface area contributed by atoms with Crippen LogP contribution in [0.5, 0.6) is 0 Å². The quantitative estimate of drug-likeness (QED) is 0.778. The number of carbonyl (C=O) groups is 1. The Kier molecular flexibility index (Phi) is 2.62. The number of carbonyl (C=O) groups excluding carboxylic acids is 1. The molecule has 104 valence electrons. The highest BCUT2D eigenvalue weighted by Crippen LogP contribution is 2.58. The highest BCUT2D eigenvalue weighted by molar-refractivity contribution is 5.69. The van der Waals surface area contributed by atoms with Crippen molar-refractivity contribution >= 4 is 6.09 Å². The largest absolute Gasteiger partial charge is 0.444 e. The van der Waals surface area contributed by atoms with Crippen molar-refractivity contribution in [3.05, 3.63) is 18.0 Å². The summed E-state index contributed by atoms with van der Waals surface area (Å²) in [7, 11) is 1.98. The number of nitrogens with zero attached hydrogens (tertiary/aromatic N) is 3. The topological polar surface area (TPSA) is 47.4 Å². The van der Waals surface area contributed by atoms with E-state index in [0.717, 1.165) is 13.1 Å². The summed E-state index contributed by atoms with van der Waals surface area (Å²) in [5, 5.41) is 4.22. The van der Waals surface area contributed by atoms with Crippen molar-refractivity contribution in [1.29, 1.82) is 0 Å². The Balaban J connectivity index is 1.59. The van der Waals surface area contributed by atoms with Crippen LogP contribution in [0.2, 0.25) is 0 Å². The second kappa shape index (κ2) is 3.99. The van der Waals surface area contributed by atoms with Crippen LogP contribution in [0.3, 0.4) is 0 Å². The van der Waals surface area contributed by atoms with E-state index in [1.54, 1.807) is 0 Å². The molecule has 0 bridgehead atoms. The van der Waals surface area contributed by atoms with Gasteiger partial charge in [0.15, 0.2) is 0 Å². The van der Waals surface area contributed by atoms with Gasteiger partial charge in [-0.2, -0.15) is 5.10 Å². The van der Waals surface area contributed by atoms with Crippen LogP contribution in [0.1, 0.15) is 32.4 Å². The van der Waals surface area contributed by atoms with Crippen LogP contribution in [0.4, 0.5) is 4.79 Å². The van der Waals surface area contributed by atoms with Gasteiger partial charge in [0, 0.05) is 37.9 Å². The third-order valence-electron chi connectivity index (χ3n) is 4.05. The van der Waals surface area contributed by atoms with Gasteiger partial charge in [0.25, 0.3) is 0 Å². The smallest absolute Gasteiger partial charge is 0.410 e. The second-order valence-corrected chi connectivity index (χ2v) is 6.62. The van der Waals surface area contributed by atoms with Gasteiger partial charge in [-0.1, -0.05) is 0 Å². The molecule has 1 aliphatic carbocycles. The van der Waals surface area contributed by atoms with Crippen LogP contribution >= 0.6 is 0 Å². The first-order valence-electron chi connectivity index (χ1n) is 6.82. The van der Waals surface area contributed by atoms with Gasteiger partial charge in [-0.05, 0) is 38.7 Å². The normalized spacial score (nSPS) is 29.3. The molecule has 0 spiro atoms. The van der Waals surface area contributed by atoms with Crippen molar-refractivity contribution in [3.8, 4) is 0 Å². The monoisotopic (exact) mass is 263 g/mol. The van der Waals surface area contributed by atoms with Gasteiger partial charge in [0.2, 0.25) is 0 Å². The summed E-state index contributed by atoms with van der Waals surface area (Å²) >= 11 is 0. The summed E-state index contributed by atoms with van der Waals surface area (Å²) in [5.74, 6) is 1.75. The van der Waals surface area contributed by atoms with E-state index >= 15 is 0 Å². The van der Waals surface area contributed by atoms with Crippen molar-refractivity contribution in [2.75, 3.05) is 13.1 Å². The number of rotatable bonds is 1. The molecular weight excluding hydrogens is 242 g/mol. The van der Waals surface area contributed by atoms with E-state index in [0.29, 0.717) is 17.8 Å². The fourth-order valence-corrected chi connectivity index (χ4v) is 3.15. The number of aryl methyl sites for hydroxylation is 1. The summed E-state index contributed by atoms with van der Waals surface area (Å²) in [4.78, 5) is 13.8. The fourth-order valence-electron chi connectivity index (χ4n) is 3.15. The number of amides is 1. The number of piperidine rings is 1. The maximum Gasteiger partial charge on any atom is 0.410 e. The number of aromatic nitrogens is 2. The van der Waals surface area contributed by atoms with E-state index in [1.165, 1.54) is 5.69 Å². The molecule has 1 saturated heterocycles. The minimum Gasteiger partial charge on any atom is -0.444 e. The third kappa shape index (κ3) is 2.22. The number of hydrogen-bond acceptors (Lipinski definition) is 3.